The van der Waals surface area contributed by atoms with E-state index in [1.54, 1.807) is 11.8 Å². The van der Waals surface area contributed by atoms with Crippen LogP contribution in [0.5, 0.6) is 0 Å². The molecule has 1 saturated carbocycles. The highest BCUT2D eigenvalue weighted by Crippen LogP contribution is 2.50. The van der Waals surface area contributed by atoms with Gasteiger partial charge in [-0.2, -0.15) is 0 Å². The maximum absolute atomic E-state index is 13.3. The van der Waals surface area contributed by atoms with E-state index in [0.717, 1.165) is 36.1 Å². The van der Waals surface area contributed by atoms with E-state index in [-0.39, 0.29) is 11.4 Å². The molecule has 4 rings (SSSR count). The van der Waals surface area contributed by atoms with Gasteiger partial charge >= 0.3 is 0 Å². The first-order chi connectivity index (χ1) is 11.8. The average Bonchev–Trinajstić information content (AvgIpc) is 2.90. The summed E-state index contributed by atoms with van der Waals surface area (Å²) in [7, 11) is 0. The quantitative estimate of drug-likeness (QED) is 0.770. The molecule has 3 heteroatoms. The van der Waals surface area contributed by atoms with Crippen molar-refractivity contribution in [2.45, 2.75) is 54.0 Å². The van der Waals surface area contributed by atoms with Crippen molar-refractivity contribution in [2.24, 2.45) is 0 Å². The largest absolute Gasteiger partial charge is 0.358 e. The lowest BCUT2D eigenvalue weighted by Gasteiger charge is -2.31. The fraction of sp³-hybridized carbons (Fsp3) is 0.381. The van der Waals surface area contributed by atoms with Gasteiger partial charge in [-0.3, -0.25) is 4.79 Å². The summed E-state index contributed by atoms with van der Waals surface area (Å²) in [5.74, 6) is 0.296. The third kappa shape index (κ3) is 2.91. The van der Waals surface area contributed by atoms with Crippen molar-refractivity contribution >= 4 is 17.5 Å². The molecule has 0 bridgehead atoms. The first-order valence-electron chi connectivity index (χ1n) is 8.77. The van der Waals surface area contributed by atoms with Crippen molar-refractivity contribution < 1.29 is 9.53 Å². The van der Waals surface area contributed by atoms with Gasteiger partial charge in [-0.15, -0.1) is 11.8 Å². The van der Waals surface area contributed by atoms with E-state index >= 15 is 0 Å². The van der Waals surface area contributed by atoms with E-state index in [2.05, 4.69) is 24.3 Å². The van der Waals surface area contributed by atoms with Gasteiger partial charge in [0, 0.05) is 4.90 Å². The zero-order chi connectivity index (χ0) is 16.4. The molecule has 0 radical (unpaired) electrons. The highest BCUT2D eigenvalue weighted by atomic mass is 32.2. The third-order valence-corrected chi connectivity index (χ3v) is 6.39. The molecule has 1 aliphatic carbocycles. The molecule has 2 fully saturated rings. The maximum atomic E-state index is 13.3. The Morgan fingerprint density at radius 1 is 0.875 bits per heavy atom. The number of hydrogen-bond acceptors (Lipinski definition) is 3. The fourth-order valence-corrected chi connectivity index (χ4v) is 5.16. The molecule has 0 amide bonds. The first kappa shape index (κ1) is 15.9. The number of carbonyl (C=O) groups is 1. The van der Waals surface area contributed by atoms with E-state index in [9.17, 15) is 4.79 Å². The number of ketones is 1. The molecule has 2 aromatic carbocycles. The Bertz CT molecular complexity index is 692. The van der Waals surface area contributed by atoms with Gasteiger partial charge in [-0.1, -0.05) is 67.8 Å². The number of ether oxygens (including phenoxy) is 1. The summed E-state index contributed by atoms with van der Waals surface area (Å²) in [6, 6.07) is 20.4. The summed E-state index contributed by atoms with van der Waals surface area (Å²) in [5, 5.41) is -0.159. The average molecular weight is 338 g/mol. The van der Waals surface area contributed by atoms with Crippen molar-refractivity contribution in [2.75, 3.05) is 0 Å². The Labute approximate surface area is 147 Å². The van der Waals surface area contributed by atoms with Crippen LogP contribution in [0.15, 0.2) is 65.6 Å². The van der Waals surface area contributed by atoms with Crippen LogP contribution < -0.4 is 0 Å². The van der Waals surface area contributed by atoms with Gasteiger partial charge in [-0.05, 0) is 30.5 Å². The van der Waals surface area contributed by atoms with Gasteiger partial charge in [0.25, 0.3) is 0 Å². The van der Waals surface area contributed by atoms with Crippen molar-refractivity contribution in [1.29, 1.82) is 0 Å². The van der Waals surface area contributed by atoms with Crippen molar-refractivity contribution in [3.8, 4) is 0 Å². The van der Waals surface area contributed by atoms with Crippen LogP contribution in [0.25, 0.3) is 0 Å². The van der Waals surface area contributed by atoms with Crippen molar-refractivity contribution in [3.63, 3.8) is 0 Å². The highest BCUT2D eigenvalue weighted by Gasteiger charge is 2.55. The second-order valence-electron chi connectivity index (χ2n) is 6.72. The molecule has 124 valence electrons. The van der Waals surface area contributed by atoms with Crippen LogP contribution in [0.1, 0.15) is 43.8 Å². The summed E-state index contributed by atoms with van der Waals surface area (Å²) >= 11 is 1.66. The van der Waals surface area contributed by atoms with Gasteiger partial charge < -0.3 is 4.74 Å². The minimum absolute atomic E-state index is 0.151. The first-order valence-corrected chi connectivity index (χ1v) is 9.65. The molecule has 2 aromatic rings. The van der Waals surface area contributed by atoms with Crippen LogP contribution in [0.2, 0.25) is 0 Å². The molecule has 1 heterocycles. The summed E-state index contributed by atoms with van der Waals surface area (Å²) in [4.78, 5) is 14.5. The Hall–Kier alpha value is -1.58. The van der Waals surface area contributed by atoms with Crippen LogP contribution in [0.3, 0.4) is 0 Å². The lowest BCUT2D eigenvalue weighted by Crippen LogP contribution is -2.40. The van der Waals surface area contributed by atoms with Crippen LogP contribution in [0, 0.1) is 0 Å². The lowest BCUT2D eigenvalue weighted by molar-refractivity contribution is -0.137. The van der Waals surface area contributed by atoms with Crippen LogP contribution in [0.4, 0.5) is 0 Å². The van der Waals surface area contributed by atoms with Crippen LogP contribution >= 0.6 is 11.8 Å². The van der Waals surface area contributed by atoms with Gasteiger partial charge in [0.2, 0.25) is 0 Å². The Kier molecular flexibility index (Phi) is 4.47. The molecule has 0 aromatic heterocycles. The minimum atomic E-state index is -0.550. The topological polar surface area (TPSA) is 26.3 Å². The normalized spacial score (nSPS) is 25.9. The van der Waals surface area contributed by atoms with Gasteiger partial charge in [0.15, 0.2) is 5.78 Å². The second kappa shape index (κ2) is 6.73. The second-order valence-corrected chi connectivity index (χ2v) is 7.93. The molecule has 1 aliphatic heterocycles. The molecular formula is C21H22O2S. The van der Waals surface area contributed by atoms with Gasteiger partial charge in [-0.25, -0.2) is 0 Å². The van der Waals surface area contributed by atoms with E-state index in [4.69, 9.17) is 4.74 Å². The number of Topliss-reactive ketones (excluding diaryl/α,β-unsaturated/α-hetero) is 1. The highest BCUT2D eigenvalue weighted by molar-refractivity contribution is 8.00. The van der Waals surface area contributed by atoms with Crippen molar-refractivity contribution in [1.82, 2.24) is 0 Å². The van der Waals surface area contributed by atoms with Crippen LogP contribution in [-0.2, 0) is 9.53 Å². The predicted molar refractivity (Wildman–Crippen MR) is 97.2 cm³/mol. The number of thioether (sulfide) groups is 1. The standard InChI is InChI=1S/C21H22O2S/c22-20-19(24-17-12-6-2-7-13-17)18(16-10-4-1-5-11-16)23-21(20)14-8-3-9-15-21/h1-2,4-7,10-13,18-19H,3,8-9,14-15H2/t18-,19-/m1/s1. The summed E-state index contributed by atoms with van der Waals surface area (Å²) in [6.07, 6.45) is 5.00. The Morgan fingerprint density at radius 2 is 1.50 bits per heavy atom. The van der Waals surface area contributed by atoms with Crippen molar-refractivity contribution in [3.05, 3.63) is 66.2 Å². The van der Waals surface area contributed by atoms with E-state index in [1.807, 2.05) is 36.4 Å². The van der Waals surface area contributed by atoms with Gasteiger partial charge in [0.1, 0.15) is 17.0 Å². The monoisotopic (exact) mass is 338 g/mol. The summed E-state index contributed by atoms with van der Waals surface area (Å²) in [5.41, 5.74) is 0.562. The summed E-state index contributed by atoms with van der Waals surface area (Å²) in [6.45, 7) is 0. The Balaban J connectivity index is 1.68. The molecule has 2 atom stereocenters. The number of benzene rings is 2. The van der Waals surface area contributed by atoms with Crippen LogP contribution in [-0.4, -0.2) is 16.6 Å². The molecule has 1 spiro atoms. The zero-order valence-electron chi connectivity index (χ0n) is 13.7. The molecule has 2 aliphatic rings. The number of hydrogen-bond donors (Lipinski definition) is 0. The molecule has 0 unspecified atom stereocenters. The van der Waals surface area contributed by atoms with E-state index in [0.29, 0.717) is 5.78 Å². The molecule has 1 saturated heterocycles. The Morgan fingerprint density at radius 3 is 2.17 bits per heavy atom. The number of carbonyl (C=O) groups excluding carboxylic acids is 1. The molecule has 0 N–H and O–H groups in total. The minimum Gasteiger partial charge on any atom is -0.358 e. The molecule has 2 nitrogen and oxygen atoms in total. The summed E-state index contributed by atoms with van der Waals surface area (Å²) < 4.78 is 6.50. The maximum Gasteiger partial charge on any atom is 0.180 e. The van der Waals surface area contributed by atoms with E-state index in [1.165, 1.54) is 6.42 Å². The molecular weight excluding hydrogens is 316 g/mol. The third-order valence-electron chi connectivity index (χ3n) is 5.13. The SMILES string of the molecule is O=C1[C@H](Sc2ccccc2)[C@@H](c2ccccc2)OC12CCCCC2. The predicted octanol–water partition coefficient (Wildman–Crippen LogP) is 5.19. The fourth-order valence-electron chi connectivity index (χ4n) is 3.89. The zero-order valence-corrected chi connectivity index (χ0v) is 14.5. The number of rotatable bonds is 3. The lowest BCUT2D eigenvalue weighted by atomic mass is 9.82. The smallest absolute Gasteiger partial charge is 0.180 e. The molecule has 24 heavy (non-hydrogen) atoms. The van der Waals surface area contributed by atoms with E-state index < -0.39 is 5.60 Å². The van der Waals surface area contributed by atoms with Gasteiger partial charge in [0.05, 0.1) is 0 Å².